The number of benzene rings is 3. The van der Waals surface area contributed by atoms with Crippen LogP contribution in [0.2, 0.25) is 0 Å². The van der Waals surface area contributed by atoms with Crippen molar-refractivity contribution in [1.29, 1.82) is 0 Å². The number of amides is 3. The van der Waals surface area contributed by atoms with Gasteiger partial charge in [-0.25, -0.2) is 4.79 Å². The Bertz CT molecular complexity index is 926. The van der Waals surface area contributed by atoms with Crippen LogP contribution in [-0.4, -0.2) is 24.7 Å². The van der Waals surface area contributed by atoms with Crippen molar-refractivity contribution in [1.82, 2.24) is 5.32 Å². The summed E-state index contributed by atoms with van der Waals surface area (Å²) in [5.41, 5.74) is 1.35. The van der Waals surface area contributed by atoms with E-state index in [4.69, 9.17) is 0 Å². The van der Waals surface area contributed by atoms with Gasteiger partial charge in [0.2, 0.25) is 5.91 Å². The lowest BCUT2D eigenvalue weighted by Gasteiger charge is -2.08. The molecule has 0 bridgehead atoms. The first-order chi connectivity index (χ1) is 12.6. The van der Waals surface area contributed by atoms with Gasteiger partial charge in [0.1, 0.15) is 0 Å². The number of nitrogens with one attached hydrogen (secondary N) is 3. The summed E-state index contributed by atoms with van der Waals surface area (Å²) in [6.07, 6.45) is 0. The van der Waals surface area contributed by atoms with E-state index in [2.05, 4.69) is 40.2 Å². The standard InChI is InChI=1S/C20H19N3O2S/c1-21-20(25)23-17-9-7-16(8-10-17)22-19(24)13-26-18-11-6-14-4-2-3-5-15(14)12-18/h2-12H,13H2,1H3,(H,22,24)(H2,21,23,25). The van der Waals surface area contributed by atoms with Crippen molar-refractivity contribution in [3.05, 3.63) is 66.7 Å². The molecule has 3 aromatic carbocycles. The van der Waals surface area contributed by atoms with Gasteiger partial charge in [0.05, 0.1) is 5.75 Å². The molecule has 0 aliphatic rings. The Kier molecular flexibility index (Phi) is 5.76. The predicted octanol–water partition coefficient (Wildman–Crippen LogP) is 4.32. The third-order valence-corrected chi connectivity index (χ3v) is 4.74. The van der Waals surface area contributed by atoms with Crippen molar-refractivity contribution >= 4 is 45.8 Å². The van der Waals surface area contributed by atoms with Crippen molar-refractivity contribution in [2.24, 2.45) is 0 Å². The quantitative estimate of drug-likeness (QED) is 0.590. The van der Waals surface area contributed by atoms with Crippen molar-refractivity contribution < 1.29 is 9.59 Å². The molecule has 0 unspecified atom stereocenters. The van der Waals surface area contributed by atoms with E-state index in [0.29, 0.717) is 17.1 Å². The summed E-state index contributed by atoms with van der Waals surface area (Å²) in [5.74, 6) is 0.256. The van der Waals surface area contributed by atoms with Crippen LogP contribution in [0.3, 0.4) is 0 Å². The smallest absolute Gasteiger partial charge is 0.318 e. The van der Waals surface area contributed by atoms with Gasteiger partial charge >= 0.3 is 6.03 Å². The SMILES string of the molecule is CNC(=O)Nc1ccc(NC(=O)CSc2ccc3ccccc3c2)cc1. The molecular weight excluding hydrogens is 346 g/mol. The molecule has 0 heterocycles. The molecule has 3 rings (SSSR count). The van der Waals surface area contributed by atoms with Gasteiger partial charge in [0.25, 0.3) is 0 Å². The molecular formula is C20H19N3O2S. The third-order valence-electron chi connectivity index (χ3n) is 3.74. The number of carbonyl (C=O) groups excluding carboxylic acids is 2. The first-order valence-corrected chi connectivity index (χ1v) is 9.13. The lowest BCUT2D eigenvalue weighted by atomic mass is 10.1. The van der Waals surface area contributed by atoms with Gasteiger partial charge in [-0.05, 0) is 47.2 Å². The van der Waals surface area contributed by atoms with Crippen LogP contribution in [0.5, 0.6) is 0 Å². The molecule has 3 N–H and O–H groups in total. The zero-order chi connectivity index (χ0) is 18.4. The second-order valence-electron chi connectivity index (χ2n) is 5.63. The molecule has 6 heteroatoms. The second-order valence-corrected chi connectivity index (χ2v) is 6.68. The normalized spacial score (nSPS) is 10.3. The van der Waals surface area contributed by atoms with Crippen LogP contribution in [-0.2, 0) is 4.79 Å². The fourth-order valence-corrected chi connectivity index (χ4v) is 3.18. The summed E-state index contributed by atoms with van der Waals surface area (Å²) < 4.78 is 0. The van der Waals surface area contributed by atoms with Crippen molar-refractivity contribution in [3.8, 4) is 0 Å². The fourth-order valence-electron chi connectivity index (χ4n) is 2.43. The van der Waals surface area contributed by atoms with Gasteiger partial charge in [0, 0.05) is 23.3 Å². The Morgan fingerprint density at radius 3 is 2.19 bits per heavy atom. The molecule has 26 heavy (non-hydrogen) atoms. The maximum absolute atomic E-state index is 12.1. The molecule has 132 valence electrons. The first-order valence-electron chi connectivity index (χ1n) is 8.14. The highest BCUT2D eigenvalue weighted by atomic mass is 32.2. The van der Waals surface area contributed by atoms with Crippen LogP contribution < -0.4 is 16.0 Å². The van der Waals surface area contributed by atoms with Gasteiger partial charge in [-0.2, -0.15) is 0 Å². The number of rotatable bonds is 5. The topological polar surface area (TPSA) is 70.2 Å². The molecule has 0 aliphatic carbocycles. The van der Waals surface area contributed by atoms with E-state index in [1.807, 2.05) is 18.2 Å². The minimum atomic E-state index is -0.284. The maximum atomic E-state index is 12.1. The third kappa shape index (κ3) is 4.77. The van der Waals surface area contributed by atoms with Gasteiger partial charge in [0.15, 0.2) is 0 Å². The monoisotopic (exact) mass is 365 g/mol. The highest BCUT2D eigenvalue weighted by Crippen LogP contribution is 2.24. The number of urea groups is 1. The fraction of sp³-hybridized carbons (Fsp3) is 0.100. The van der Waals surface area contributed by atoms with E-state index in [-0.39, 0.29) is 11.9 Å². The number of thioether (sulfide) groups is 1. The van der Waals surface area contributed by atoms with Crippen molar-refractivity contribution in [2.75, 3.05) is 23.4 Å². The Labute approximate surface area is 156 Å². The summed E-state index contributed by atoms with van der Waals surface area (Å²) in [7, 11) is 1.55. The van der Waals surface area contributed by atoms with E-state index < -0.39 is 0 Å². The van der Waals surface area contributed by atoms with E-state index in [9.17, 15) is 9.59 Å². The van der Waals surface area contributed by atoms with Crippen LogP contribution >= 0.6 is 11.8 Å². The average molecular weight is 365 g/mol. The number of anilines is 2. The summed E-state index contributed by atoms with van der Waals surface area (Å²) in [5, 5.41) is 10.4. The average Bonchev–Trinajstić information content (AvgIpc) is 2.67. The molecule has 0 aliphatic heterocycles. The van der Waals surface area contributed by atoms with Crippen LogP contribution in [0.1, 0.15) is 0 Å². The molecule has 0 atom stereocenters. The highest BCUT2D eigenvalue weighted by molar-refractivity contribution is 8.00. The van der Waals surface area contributed by atoms with Crippen LogP contribution in [0.15, 0.2) is 71.6 Å². The second kappa shape index (κ2) is 8.40. The zero-order valence-electron chi connectivity index (χ0n) is 14.3. The predicted molar refractivity (Wildman–Crippen MR) is 108 cm³/mol. The highest BCUT2D eigenvalue weighted by Gasteiger charge is 2.05. The molecule has 0 fully saturated rings. The Balaban J connectivity index is 1.54. The number of fused-ring (bicyclic) bond motifs is 1. The molecule has 0 radical (unpaired) electrons. The van der Waals surface area contributed by atoms with Gasteiger partial charge in [-0.1, -0.05) is 30.3 Å². The van der Waals surface area contributed by atoms with Crippen LogP contribution in [0.4, 0.5) is 16.2 Å². The zero-order valence-corrected chi connectivity index (χ0v) is 15.1. The molecule has 0 saturated carbocycles. The van der Waals surface area contributed by atoms with Gasteiger partial charge in [-0.3, -0.25) is 4.79 Å². The van der Waals surface area contributed by atoms with E-state index in [1.54, 1.807) is 31.3 Å². The summed E-state index contributed by atoms with van der Waals surface area (Å²) in [6.45, 7) is 0. The van der Waals surface area contributed by atoms with Crippen molar-refractivity contribution in [3.63, 3.8) is 0 Å². The molecule has 3 amide bonds. The van der Waals surface area contributed by atoms with E-state index >= 15 is 0 Å². The number of hydrogen-bond donors (Lipinski definition) is 3. The Morgan fingerprint density at radius 1 is 0.846 bits per heavy atom. The first kappa shape index (κ1) is 17.8. The van der Waals surface area contributed by atoms with E-state index in [1.165, 1.54) is 17.1 Å². The molecule has 0 saturated heterocycles. The lowest BCUT2D eigenvalue weighted by Crippen LogP contribution is -2.24. The molecule has 0 spiro atoms. The largest absolute Gasteiger partial charge is 0.341 e. The summed E-state index contributed by atoms with van der Waals surface area (Å²) in [4.78, 5) is 24.5. The lowest BCUT2D eigenvalue weighted by molar-refractivity contribution is -0.113. The maximum Gasteiger partial charge on any atom is 0.318 e. The molecule has 5 nitrogen and oxygen atoms in total. The van der Waals surface area contributed by atoms with Crippen molar-refractivity contribution in [2.45, 2.75) is 4.90 Å². The summed E-state index contributed by atoms with van der Waals surface area (Å²) >= 11 is 1.50. The number of hydrogen-bond acceptors (Lipinski definition) is 3. The minimum Gasteiger partial charge on any atom is -0.341 e. The van der Waals surface area contributed by atoms with Gasteiger partial charge < -0.3 is 16.0 Å². The molecule has 3 aromatic rings. The van der Waals surface area contributed by atoms with E-state index in [0.717, 1.165) is 10.3 Å². The Morgan fingerprint density at radius 2 is 1.50 bits per heavy atom. The number of carbonyl (C=O) groups is 2. The van der Waals surface area contributed by atoms with Crippen LogP contribution in [0, 0.1) is 0 Å². The van der Waals surface area contributed by atoms with Gasteiger partial charge in [-0.15, -0.1) is 11.8 Å². The Hall–Kier alpha value is -2.99. The molecule has 0 aromatic heterocycles. The minimum absolute atomic E-state index is 0.0739. The van der Waals surface area contributed by atoms with Crippen LogP contribution in [0.25, 0.3) is 10.8 Å². The summed E-state index contributed by atoms with van der Waals surface area (Å²) in [6, 6.07) is 21.0.